The van der Waals surface area contributed by atoms with E-state index in [1.165, 1.54) is 25.1 Å². The first-order valence-corrected chi connectivity index (χ1v) is 9.86. The molecule has 2 saturated heterocycles. The summed E-state index contributed by atoms with van der Waals surface area (Å²) in [4.78, 5) is 39.3. The van der Waals surface area contributed by atoms with E-state index in [2.05, 4.69) is 5.32 Å². The van der Waals surface area contributed by atoms with Crippen LogP contribution >= 0.6 is 0 Å². The first-order chi connectivity index (χ1) is 14.7. The molecule has 3 aliphatic rings. The molecule has 3 aliphatic heterocycles. The van der Waals surface area contributed by atoms with Gasteiger partial charge in [-0.15, -0.1) is 0 Å². The number of amides is 1. The second-order valence-corrected chi connectivity index (χ2v) is 7.62. The molecule has 1 aromatic rings. The number of carbonyl (C=O) groups excluding carboxylic acids is 3. The predicted molar refractivity (Wildman–Crippen MR) is 104 cm³/mol. The van der Waals surface area contributed by atoms with Gasteiger partial charge in [-0.05, 0) is 25.5 Å². The number of aliphatic hydroxyl groups excluding tert-OH is 1. The van der Waals surface area contributed by atoms with Crippen molar-refractivity contribution in [3.05, 3.63) is 59.1 Å². The Balaban J connectivity index is 1.69. The van der Waals surface area contributed by atoms with Crippen molar-refractivity contribution < 1.29 is 38.1 Å². The second-order valence-electron chi connectivity index (χ2n) is 7.62. The van der Waals surface area contributed by atoms with E-state index in [9.17, 15) is 23.9 Å². The van der Waals surface area contributed by atoms with Gasteiger partial charge in [0.15, 0.2) is 6.10 Å². The number of ether oxygens (including phenoxy) is 3. The Hall–Kier alpha value is -2.88. The van der Waals surface area contributed by atoms with Crippen LogP contribution in [0.5, 0.6) is 0 Å². The molecule has 1 amide bonds. The van der Waals surface area contributed by atoms with Gasteiger partial charge < -0.3 is 24.6 Å². The molecular weight excluding hydrogens is 409 g/mol. The number of rotatable bonds is 6. The van der Waals surface area contributed by atoms with Gasteiger partial charge in [-0.1, -0.05) is 31.2 Å². The molecule has 3 heterocycles. The molecule has 9 heteroatoms. The largest absolute Gasteiger partial charge is 0.467 e. The minimum Gasteiger partial charge on any atom is -0.467 e. The van der Waals surface area contributed by atoms with Gasteiger partial charge in [-0.2, -0.15) is 0 Å². The molecule has 5 unspecified atom stereocenters. The van der Waals surface area contributed by atoms with E-state index in [-0.39, 0.29) is 17.4 Å². The fourth-order valence-electron chi connectivity index (χ4n) is 4.06. The monoisotopic (exact) mass is 431 g/mol. The van der Waals surface area contributed by atoms with Crippen molar-refractivity contribution >= 4 is 17.5 Å². The fraction of sp³-hybridized carbons (Fsp3) is 0.409. The number of allylic oxidation sites excluding steroid dienone is 1. The number of hydrogen-bond acceptors (Lipinski definition) is 7. The SMILES string of the molecule is CCC=CC1OC1C1=C(C)C(=O)C2(O1)C(=O)NC(OC)(C(=O)c1ccccc1F)C2O. The van der Waals surface area contributed by atoms with Crippen molar-refractivity contribution in [2.45, 2.75) is 49.9 Å². The van der Waals surface area contributed by atoms with Crippen molar-refractivity contribution in [1.29, 1.82) is 0 Å². The molecule has 0 saturated carbocycles. The number of epoxide rings is 1. The van der Waals surface area contributed by atoms with Gasteiger partial charge in [0.1, 0.15) is 23.8 Å². The quantitative estimate of drug-likeness (QED) is 0.301. The molecule has 1 spiro atoms. The maximum atomic E-state index is 14.3. The first-order valence-electron chi connectivity index (χ1n) is 9.86. The summed E-state index contributed by atoms with van der Waals surface area (Å²) < 4.78 is 30.7. The maximum Gasteiger partial charge on any atom is 0.278 e. The third-order valence-electron chi connectivity index (χ3n) is 5.85. The van der Waals surface area contributed by atoms with E-state index < -0.39 is 52.4 Å². The van der Waals surface area contributed by atoms with Crippen molar-refractivity contribution in [1.82, 2.24) is 5.32 Å². The zero-order chi connectivity index (χ0) is 22.6. The molecule has 164 valence electrons. The van der Waals surface area contributed by atoms with Gasteiger partial charge >= 0.3 is 0 Å². The van der Waals surface area contributed by atoms with E-state index >= 15 is 0 Å². The number of halogens is 1. The molecule has 0 aromatic heterocycles. The van der Waals surface area contributed by atoms with E-state index in [0.29, 0.717) is 0 Å². The Bertz CT molecular complexity index is 1030. The van der Waals surface area contributed by atoms with Crippen molar-refractivity contribution in [2.75, 3.05) is 7.11 Å². The average Bonchev–Trinajstić information content (AvgIpc) is 3.43. The molecule has 31 heavy (non-hydrogen) atoms. The van der Waals surface area contributed by atoms with Gasteiger partial charge in [-0.25, -0.2) is 4.39 Å². The molecule has 0 aliphatic carbocycles. The third-order valence-corrected chi connectivity index (χ3v) is 5.85. The van der Waals surface area contributed by atoms with Crippen LogP contribution in [0.25, 0.3) is 0 Å². The summed E-state index contributed by atoms with van der Waals surface area (Å²) in [5.41, 5.74) is -5.14. The van der Waals surface area contributed by atoms with Gasteiger partial charge in [0.05, 0.1) is 5.56 Å². The molecule has 2 fully saturated rings. The van der Waals surface area contributed by atoms with Crippen LogP contribution in [-0.4, -0.2) is 59.3 Å². The summed E-state index contributed by atoms with van der Waals surface area (Å²) in [6.45, 7) is 3.42. The molecule has 8 nitrogen and oxygen atoms in total. The Morgan fingerprint density at radius 3 is 2.71 bits per heavy atom. The summed E-state index contributed by atoms with van der Waals surface area (Å²) in [6, 6.07) is 5.06. The molecular formula is C22H22FNO7. The number of aliphatic hydroxyl groups is 1. The van der Waals surface area contributed by atoms with Crippen LogP contribution in [0.3, 0.4) is 0 Å². The van der Waals surface area contributed by atoms with Gasteiger partial charge in [-0.3, -0.25) is 14.4 Å². The lowest BCUT2D eigenvalue weighted by Crippen LogP contribution is -2.60. The molecule has 2 N–H and O–H groups in total. The summed E-state index contributed by atoms with van der Waals surface area (Å²) in [5.74, 6) is -3.64. The normalized spacial score (nSPS) is 34.5. The number of benzene rings is 1. The summed E-state index contributed by atoms with van der Waals surface area (Å²) in [5, 5.41) is 13.4. The number of carbonyl (C=O) groups is 3. The van der Waals surface area contributed by atoms with Gasteiger partial charge in [0.25, 0.3) is 11.5 Å². The molecule has 0 radical (unpaired) electrons. The molecule has 5 atom stereocenters. The smallest absolute Gasteiger partial charge is 0.278 e. The van der Waals surface area contributed by atoms with Gasteiger partial charge in [0, 0.05) is 12.7 Å². The highest BCUT2D eigenvalue weighted by Gasteiger charge is 2.74. The molecule has 0 bridgehead atoms. The summed E-state index contributed by atoms with van der Waals surface area (Å²) in [6.07, 6.45) is 1.54. The second kappa shape index (κ2) is 7.37. The lowest BCUT2D eigenvalue weighted by atomic mass is 9.85. The van der Waals surface area contributed by atoms with E-state index in [1.54, 1.807) is 0 Å². The number of ketones is 2. The van der Waals surface area contributed by atoms with Crippen LogP contribution in [0, 0.1) is 5.82 Å². The lowest BCUT2D eigenvalue weighted by molar-refractivity contribution is -0.160. The van der Waals surface area contributed by atoms with Crippen LogP contribution in [0.1, 0.15) is 30.6 Å². The van der Waals surface area contributed by atoms with Crippen molar-refractivity contribution in [3.8, 4) is 0 Å². The summed E-state index contributed by atoms with van der Waals surface area (Å²) >= 11 is 0. The van der Waals surface area contributed by atoms with E-state index in [1.807, 2.05) is 19.1 Å². The number of methoxy groups -OCH3 is 1. The van der Waals surface area contributed by atoms with Crippen molar-refractivity contribution in [2.24, 2.45) is 0 Å². The highest BCUT2D eigenvalue weighted by Crippen LogP contribution is 2.47. The van der Waals surface area contributed by atoms with Crippen LogP contribution in [-0.2, 0) is 23.8 Å². The first kappa shape index (κ1) is 21.4. The zero-order valence-electron chi connectivity index (χ0n) is 17.2. The van der Waals surface area contributed by atoms with Gasteiger partial charge in [0.2, 0.25) is 17.3 Å². The Morgan fingerprint density at radius 1 is 1.35 bits per heavy atom. The maximum absolute atomic E-state index is 14.3. The number of Topliss-reactive ketones (excluding diaryl/α,β-unsaturated/α-hetero) is 2. The highest BCUT2D eigenvalue weighted by atomic mass is 19.1. The topological polar surface area (TPSA) is 114 Å². The average molecular weight is 431 g/mol. The zero-order valence-corrected chi connectivity index (χ0v) is 17.2. The predicted octanol–water partition coefficient (Wildman–Crippen LogP) is 1.19. The molecule has 1 aromatic carbocycles. The van der Waals surface area contributed by atoms with E-state index in [4.69, 9.17) is 14.2 Å². The van der Waals surface area contributed by atoms with Crippen molar-refractivity contribution in [3.63, 3.8) is 0 Å². The third kappa shape index (κ3) is 2.88. The standard InChI is InChI=1S/C22H22FNO7/c1-4-5-10-14-16(30-14)15-11(2)17(25)21(31-15)19(27)22(29-3,24-20(21)28)18(26)12-8-6-7-9-13(12)23/h5-10,14,16,19,27H,4H2,1-3H3,(H,24,28). The van der Waals surface area contributed by atoms with Crippen LogP contribution in [0.4, 0.5) is 4.39 Å². The summed E-state index contributed by atoms with van der Waals surface area (Å²) in [7, 11) is 1.07. The highest BCUT2D eigenvalue weighted by molar-refractivity contribution is 6.23. The number of hydrogen-bond donors (Lipinski definition) is 2. The van der Waals surface area contributed by atoms with Crippen LogP contribution in [0.15, 0.2) is 47.7 Å². The minimum atomic E-state index is -2.43. The Kier molecular flexibility index (Phi) is 5.07. The lowest BCUT2D eigenvalue weighted by Gasteiger charge is -2.32. The van der Waals surface area contributed by atoms with Crippen LogP contribution in [0.2, 0.25) is 0 Å². The Labute approximate surface area is 177 Å². The minimum absolute atomic E-state index is 0.108. The Morgan fingerprint density at radius 2 is 2.06 bits per heavy atom. The molecule has 4 rings (SSSR count). The van der Waals surface area contributed by atoms with E-state index in [0.717, 1.165) is 19.6 Å². The number of nitrogens with one attached hydrogen (secondary N) is 1. The van der Waals surface area contributed by atoms with Crippen LogP contribution < -0.4 is 5.32 Å². The fourth-order valence-corrected chi connectivity index (χ4v) is 4.06.